The van der Waals surface area contributed by atoms with Gasteiger partial charge in [-0.1, -0.05) is 31.4 Å². The highest BCUT2D eigenvalue weighted by atomic mass is 15.3. The van der Waals surface area contributed by atoms with Crippen molar-refractivity contribution in [1.29, 1.82) is 5.26 Å². The molecule has 1 aromatic rings. The monoisotopic (exact) mass is 269 g/mol. The largest absolute Gasteiger partial charge is 0.371 e. The summed E-state index contributed by atoms with van der Waals surface area (Å²) in [5.41, 5.74) is 2.62. The van der Waals surface area contributed by atoms with Gasteiger partial charge in [0.1, 0.15) is 0 Å². The van der Waals surface area contributed by atoms with E-state index in [0.29, 0.717) is 6.04 Å². The number of hydrogen-bond acceptors (Lipinski definition) is 3. The standard InChI is InChI=1S/C17H23N3/c1-19-11-12-20(17-10-6-5-9-16(17)19)15-8-4-2-3-7-14(15)13-18/h5-6,9-10,14-15H,2-4,7-8,11-12H2,1H3. The number of likely N-dealkylation sites (N-methyl/N-ethyl adjacent to an activating group) is 1. The van der Waals surface area contributed by atoms with Crippen LogP contribution in [0.1, 0.15) is 32.1 Å². The van der Waals surface area contributed by atoms with Gasteiger partial charge in [0, 0.05) is 26.2 Å². The summed E-state index contributed by atoms with van der Waals surface area (Å²) in [6.45, 7) is 2.09. The Morgan fingerprint density at radius 1 is 1.05 bits per heavy atom. The first-order chi connectivity index (χ1) is 9.81. The number of rotatable bonds is 1. The zero-order valence-electron chi connectivity index (χ0n) is 12.3. The Morgan fingerprint density at radius 2 is 1.80 bits per heavy atom. The van der Waals surface area contributed by atoms with Crippen LogP contribution in [0.5, 0.6) is 0 Å². The first kappa shape index (κ1) is 13.3. The number of nitrogens with zero attached hydrogens (tertiary/aromatic N) is 3. The molecule has 1 heterocycles. The van der Waals surface area contributed by atoms with E-state index < -0.39 is 0 Å². The molecule has 1 saturated carbocycles. The van der Waals surface area contributed by atoms with Crippen molar-refractivity contribution >= 4 is 11.4 Å². The zero-order chi connectivity index (χ0) is 13.9. The lowest BCUT2D eigenvalue weighted by Gasteiger charge is -2.42. The summed E-state index contributed by atoms with van der Waals surface area (Å²) in [7, 11) is 2.16. The van der Waals surface area contributed by atoms with E-state index in [9.17, 15) is 5.26 Å². The van der Waals surface area contributed by atoms with Crippen molar-refractivity contribution in [2.45, 2.75) is 38.1 Å². The van der Waals surface area contributed by atoms with Gasteiger partial charge in [0.25, 0.3) is 0 Å². The van der Waals surface area contributed by atoms with E-state index in [1.54, 1.807) is 0 Å². The van der Waals surface area contributed by atoms with Crippen LogP contribution in [0.25, 0.3) is 0 Å². The molecule has 0 spiro atoms. The van der Waals surface area contributed by atoms with Crippen molar-refractivity contribution in [3.05, 3.63) is 24.3 Å². The van der Waals surface area contributed by atoms with Gasteiger partial charge >= 0.3 is 0 Å². The molecule has 1 aliphatic carbocycles. The Labute approximate surface area is 121 Å². The van der Waals surface area contributed by atoms with Crippen molar-refractivity contribution in [1.82, 2.24) is 0 Å². The van der Waals surface area contributed by atoms with Crippen LogP contribution < -0.4 is 9.80 Å². The number of benzene rings is 1. The minimum atomic E-state index is 0.189. The van der Waals surface area contributed by atoms with Crippen molar-refractivity contribution in [3.8, 4) is 6.07 Å². The Bertz CT molecular complexity index is 505. The van der Waals surface area contributed by atoms with E-state index in [0.717, 1.165) is 25.9 Å². The number of nitriles is 1. The fraction of sp³-hybridized carbons (Fsp3) is 0.588. The van der Waals surface area contributed by atoms with Crippen LogP contribution in [-0.4, -0.2) is 26.2 Å². The molecule has 1 aliphatic heterocycles. The molecular weight excluding hydrogens is 246 g/mol. The average Bonchev–Trinajstić information content (AvgIpc) is 2.73. The molecule has 2 atom stereocenters. The van der Waals surface area contributed by atoms with Crippen LogP contribution in [-0.2, 0) is 0 Å². The first-order valence-electron chi connectivity index (χ1n) is 7.77. The number of hydrogen-bond donors (Lipinski definition) is 0. The van der Waals surface area contributed by atoms with Crippen molar-refractivity contribution < 1.29 is 0 Å². The second-order valence-electron chi connectivity index (χ2n) is 6.04. The van der Waals surface area contributed by atoms with Gasteiger partial charge in [0.15, 0.2) is 0 Å². The van der Waals surface area contributed by atoms with E-state index in [2.05, 4.69) is 47.2 Å². The highest BCUT2D eigenvalue weighted by Crippen LogP contribution is 2.37. The van der Waals surface area contributed by atoms with Gasteiger partial charge in [0.05, 0.1) is 23.4 Å². The molecule has 0 radical (unpaired) electrons. The maximum absolute atomic E-state index is 9.53. The quantitative estimate of drug-likeness (QED) is 0.732. The van der Waals surface area contributed by atoms with Crippen LogP contribution in [0, 0.1) is 17.2 Å². The fourth-order valence-electron chi connectivity index (χ4n) is 3.68. The van der Waals surface area contributed by atoms with E-state index >= 15 is 0 Å². The third-order valence-electron chi connectivity index (χ3n) is 4.82. The highest BCUT2D eigenvalue weighted by molar-refractivity contribution is 5.73. The third-order valence-corrected chi connectivity index (χ3v) is 4.82. The lowest BCUT2D eigenvalue weighted by molar-refractivity contribution is 0.444. The smallest absolute Gasteiger partial charge is 0.0677 e. The summed E-state index contributed by atoms with van der Waals surface area (Å²) < 4.78 is 0. The predicted octanol–water partition coefficient (Wildman–Crippen LogP) is 3.42. The van der Waals surface area contributed by atoms with E-state index in [-0.39, 0.29) is 5.92 Å². The van der Waals surface area contributed by atoms with Crippen LogP contribution in [0.3, 0.4) is 0 Å². The molecule has 1 aromatic carbocycles. The third kappa shape index (κ3) is 2.35. The number of anilines is 2. The molecule has 2 aliphatic rings. The van der Waals surface area contributed by atoms with E-state index in [1.165, 1.54) is 30.6 Å². The summed E-state index contributed by atoms with van der Waals surface area (Å²) in [6.07, 6.45) is 5.98. The molecule has 3 nitrogen and oxygen atoms in total. The molecule has 0 bridgehead atoms. The van der Waals surface area contributed by atoms with E-state index in [4.69, 9.17) is 0 Å². The molecule has 3 rings (SSSR count). The molecule has 0 saturated heterocycles. The number of fused-ring (bicyclic) bond motifs is 1. The molecular formula is C17H23N3. The lowest BCUT2D eigenvalue weighted by Crippen LogP contribution is -2.47. The highest BCUT2D eigenvalue weighted by Gasteiger charge is 2.32. The SMILES string of the molecule is CN1CCN(C2CCCCCC2C#N)c2ccccc21. The molecule has 2 unspecified atom stereocenters. The minimum Gasteiger partial charge on any atom is -0.371 e. The van der Waals surface area contributed by atoms with Gasteiger partial charge in [-0.15, -0.1) is 0 Å². The van der Waals surface area contributed by atoms with Crippen molar-refractivity contribution in [3.63, 3.8) is 0 Å². The summed E-state index contributed by atoms with van der Waals surface area (Å²) in [5.74, 6) is 0.189. The maximum atomic E-state index is 9.53. The van der Waals surface area contributed by atoms with Gasteiger partial charge in [-0.25, -0.2) is 0 Å². The van der Waals surface area contributed by atoms with Gasteiger partial charge in [-0.2, -0.15) is 5.26 Å². The van der Waals surface area contributed by atoms with Gasteiger partial charge < -0.3 is 9.80 Å². The van der Waals surface area contributed by atoms with Crippen LogP contribution in [0.2, 0.25) is 0 Å². The fourth-order valence-corrected chi connectivity index (χ4v) is 3.68. The normalized spacial score (nSPS) is 26.6. The molecule has 0 N–H and O–H groups in total. The Morgan fingerprint density at radius 3 is 2.60 bits per heavy atom. The van der Waals surface area contributed by atoms with Gasteiger partial charge in [-0.05, 0) is 25.0 Å². The molecule has 0 amide bonds. The predicted molar refractivity (Wildman–Crippen MR) is 83.0 cm³/mol. The van der Waals surface area contributed by atoms with Crippen molar-refractivity contribution in [2.75, 3.05) is 29.9 Å². The molecule has 1 fully saturated rings. The topological polar surface area (TPSA) is 30.3 Å². The minimum absolute atomic E-state index is 0.189. The van der Waals surface area contributed by atoms with E-state index in [1.807, 2.05) is 0 Å². The Hall–Kier alpha value is -1.69. The lowest BCUT2D eigenvalue weighted by atomic mass is 9.93. The summed E-state index contributed by atoms with van der Waals surface area (Å²) in [4.78, 5) is 4.83. The Balaban J connectivity index is 1.93. The average molecular weight is 269 g/mol. The zero-order valence-corrected chi connectivity index (χ0v) is 12.3. The second kappa shape index (κ2) is 5.75. The molecule has 20 heavy (non-hydrogen) atoms. The van der Waals surface area contributed by atoms with Gasteiger partial charge in [-0.3, -0.25) is 0 Å². The summed E-state index contributed by atoms with van der Waals surface area (Å²) >= 11 is 0. The van der Waals surface area contributed by atoms with Gasteiger partial charge in [0.2, 0.25) is 0 Å². The maximum Gasteiger partial charge on any atom is 0.0677 e. The first-order valence-corrected chi connectivity index (χ1v) is 7.77. The summed E-state index contributed by atoms with van der Waals surface area (Å²) in [5, 5.41) is 9.53. The van der Waals surface area contributed by atoms with Crippen LogP contribution in [0.4, 0.5) is 11.4 Å². The molecule has 106 valence electrons. The van der Waals surface area contributed by atoms with Crippen LogP contribution in [0.15, 0.2) is 24.3 Å². The number of para-hydroxylation sites is 2. The molecule has 3 heteroatoms. The van der Waals surface area contributed by atoms with Crippen LogP contribution >= 0.6 is 0 Å². The summed E-state index contributed by atoms with van der Waals surface area (Å²) in [6, 6.07) is 11.6. The molecule has 0 aromatic heterocycles. The second-order valence-corrected chi connectivity index (χ2v) is 6.04. The van der Waals surface area contributed by atoms with Crippen molar-refractivity contribution in [2.24, 2.45) is 5.92 Å². The Kier molecular flexibility index (Phi) is 3.82.